The SMILES string of the molecule is CCn1nc(-c2cc(F)ccc2F)cc1CN. The molecule has 0 aliphatic carbocycles. The number of nitrogens with two attached hydrogens (primary N) is 1. The number of nitrogens with zero attached hydrogens (tertiary/aromatic N) is 2. The lowest BCUT2D eigenvalue weighted by Crippen LogP contribution is -2.06. The molecule has 0 aliphatic rings. The Morgan fingerprint density at radius 2 is 2.06 bits per heavy atom. The zero-order chi connectivity index (χ0) is 12.4. The topological polar surface area (TPSA) is 43.8 Å². The van der Waals surface area contributed by atoms with Gasteiger partial charge >= 0.3 is 0 Å². The molecule has 3 nitrogen and oxygen atoms in total. The van der Waals surface area contributed by atoms with E-state index >= 15 is 0 Å². The largest absolute Gasteiger partial charge is 0.325 e. The molecule has 0 radical (unpaired) electrons. The summed E-state index contributed by atoms with van der Waals surface area (Å²) in [5, 5.41) is 4.20. The Morgan fingerprint density at radius 1 is 1.29 bits per heavy atom. The van der Waals surface area contributed by atoms with Gasteiger partial charge in [-0.25, -0.2) is 8.78 Å². The standard InChI is InChI=1S/C12H13F2N3/c1-2-17-9(7-15)6-12(16-17)10-5-8(13)3-4-11(10)14/h3-6H,2,7,15H2,1H3. The molecule has 5 heteroatoms. The van der Waals surface area contributed by atoms with Gasteiger partial charge in [0.25, 0.3) is 0 Å². The van der Waals surface area contributed by atoms with Crippen LogP contribution in [0.3, 0.4) is 0 Å². The summed E-state index contributed by atoms with van der Waals surface area (Å²) >= 11 is 0. The Balaban J connectivity index is 2.52. The minimum atomic E-state index is -0.490. The predicted octanol–water partition coefficient (Wildman–Crippen LogP) is 2.31. The second-order valence-electron chi connectivity index (χ2n) is 3.66. The quantitative estimate of drug-likeness (QED) is 0.890. The molecule has 1 heterocycles. The second kappa shape index (κ2) is 4.63. The van der Waals surface area contributed by atoms with Gasteiger partial charge in [-0.3, -0.25) is 4.68 Å². The van der Waals surface area contributed by atoms with E-state index in [0.29, 0.717) is 18.8 Å². The highest BCUT2D eigenvalue weighted by atomic mass is 19.1. The number of hydrogen-bond acceptors (Lipinski definition) is 2. The monoisotopic (exact) mass is 237 g/mol. The highest BCUT2D eigenvalue weighted by Gasteiger charge is 2.12. The molecule has 2 aromatic rings. The van der Waals surface area contributed by atoms with Gasteiger partial charge in [0.15, 0.2) is 0 Å². The Hall–Kier alpha value is -1.75. The average Bonchev–Trinajstić information content (AvgIpc) is 2.75. The van der Waals surface area contributed by atoms with Crippen molar-refractivity contribution in [2.45, 2.75) is 20.0 Å². The zero-order valence-electron chi connectivity index (χ0n) is 9.45. The highest BCUT2D eigenvalue weighted by Crippen LogP contribution is 2.23. The highest BCUT2D eigenvalue weighted by molar-refractivity contribution is 5.60. The van der Waals surface area contributed by atoms with Crippen molar-refractivity contribution in [2.75, 3.05) is 0 Å². The van der Waals surface area contributed by atoms with Crippen molar-refractivity contribution in [3.8, 4) is 11.3 Å². The van der Waals surface area contributed by atoms with E-state index in [1.807, 2.05) is 6.92 Å². The van der Waals surface area contributed by atoms with Crippen molar-refractivity contribution in [1.29, 1.82) is 0 Å². The molecule has 0 aliphatic heterocycles. The van der Waals surface area contributed by atoms with E-state index in [-0.39, 0.29) is 5.56 Å². The number of halogens is 2. The second-order valence-corrected chi connectivity index (χ2v) is 3.66. The van der Waals surface area contributed by atoms with E-state index in [1.165, 1.54) is 0 Å². The fraction of sp³-hybridized carbons (Fsp3) is 0.250. The van der Waals surface area contributed by atoms with Gasteiger partial charge < -0.3 is 5.73 Å². The van der Waals surface area contributed by atoms with E-state index in [0.717, 1.165) is 23.9 Å². The fourth-order valence-corrected chi connectivity index (χ4v) is 1.72. The van der Waals surface area contributed by atoms with E-state index in [2.05, 4.69) is 5.10 Å². The smallest absolute Gasteiger partial charge is 0.132 e. The number of rotatable bonds is 3. The molecule has 0 saturated heterocycles. The lowest BCUT2D eigenvalue weighted by Gasteiger charge is -2.00. The summed E-state index contributed by atoms with van der Waals surface area (Å²) < 4.78 is 28.3. The zero-order valence-corrected chi connectivity index (χ0v) is 9.45. The molecule has 0 amide bonds. The maximum atomic E-state index is 13.6. The minimum absolute atomic E-state index is 0.159. The molecular weight excluding hydrogens is 224 g/mol. The first-order valence-corrected chi connectivity index (χ1v) is 5.38. The van der Waals surface area contributed by atoms with E-state index in [4.69, 9.17) is 5.73 Å². The third kappa shape index (κ3) is 2.19. The molecule has 0 unspecified atom stereocenters. The first-order valence-electron chi connectivity index (χ1n) is 5.38. The molecule has 0 bridgehead atoms. The van der Waals surface area contributed by atoms with Crippen LogP contribution in [0.5, 0.6) is 0 Å². The molecule has 0 fully saturated rings. The summed E-state index contributed by atoms with van der Waals surface area (Å²) in [5.41, 5.74) is 6.92. The van der Waals surface area contributed by atoms with Crippen molar-refractivity contribution in [3.63, 3.8) is 0 Å². The first-order chi connectivity index (χ1) is 8.15. The van der Waals surface area contributed by atoms with Gasteiger partial charge in [0.2, 0.25) is 0 Å². The van der Waals surface area contributed by atoms with Crippen molar-refractivity contribution in [2.24, 2.45) is 5.73 Å². The van der Waals surface area contributed by atoms with Crippen LogP contribution in [0.1, 0.15) is 12.6 Å². The van der Waals surface area contributed by atoms with Crippen molar-refractivity contribution < 1.29 is 8.78 Å². The van der Waals surface area contributed by atoms with E-state index < -0.39 is 11.6 Å². The van der Waals surface area contributed by atoms with Crippen LogP contribution in [0.25, 0.3) is 11.3 Å². The van der Waals surface area contributed by atoms with Gasteiger partial charge in [0, 0.05) is 18.7 Å². The molecule has 1 aromatic heterocycles. The lowest BCUT2D eigenvalue weighted by atomic mass is 10.1. The summed E-state index contributed by atoms with van der Waals surface area (Å²) in [6, 6.07) is 5.00. The summed E-state index contributed by atoms with van der Waals surface area (Å²) in [7, 11) is 0. The van der Waals surface area contributed by atoms with Gasteiger partial charge in [-0.2, -0.15) is 5.10 Å². The van der Waals surface area contributed by atoms with Crippen LogP contribution in [-0.4, -0.2) is 9.78 Å². The van der Waals surface area contributed by atoms with Crippen LogP contribution in [0.2, 0.25) is 0 Å². The molecule has 0 spiro atoms. The molecule has 2 N–H and O–H groups in total. The Labute approximate surface area is 97.9 Å². The van der Waals surface area contributed by atoms with Crippen LogP contribution >= 0.6 is 0 Å². The number of benzene rings is 1. The molecule has 1 aromatic carbocycles. The van der Waals surface area contributed by atoms with Gasteiger partial charge in [0.1, 0.15) is 11.6 Å². The molecule has 17 heavy (non-hydrogen) atoms. The van der Waals surface area contributed by atoms with Crippen LogP contribution in [0.15, 0.2) is 24.3 Å². The Kier molecular flexibility index (Phi) is 3.19. The van der Waals surface area contributed by atoms with Crippen LogP contribution < -0.4 is 5.73 Å². The Bertz CT molecular complexity index is 513. The summed E-state index contributed by atoms with van der Waals surface area (Å²) in [6.07, 6.45) is 0. The van der Waals surface area contributed by atoms with Gasteiger partial charge in [-0.15, -0.1) is 0 Å². The third-order valence-corrected chi connectivity index (χ3v) is 2.58. The van der Waals surface area contributed by atoms with Gasteiger partial charge in [-0.1, -0.05) is 0 Å². The summed E-state index contributed by atoms with van der Waals surface area (Å²) in [4.78, 5) is 0. The molecule has 90 valence electrons. The minimum Gasteiger partial charge on any atom is -0.325 e. The van der Waals surface area contributed by atoms with Crippen molar-refractivity contribution >= 4 is 0 Å². The van der Waals surface area contributed by atoms with Crippen LogP contribution in [0, 0.1) is 11.6 Å². The summed E-state index contributed by atoms with van der Waals surface area (Å²) in [6.45, 7) is 2.87. The molecule has 0 atom stereocenters. The average molecular weight is 237 g/mol. The number of aryl methyl sites for hydroxylation is 1. The number of aromatic nitrogens is 2. The van der Waals surface area contributed by atoms with Gasteiger partial charge in [0.05, 0.1) is 11.4 Å². The van der Waals surface area contributed by atoms with Gasteiger partial charge in [-0.05, 0) is 31.2 Å². The van der Waals surface area contributed by atoms with Crippen molar-refractivity contribution in [3.05, 3.63) is 41.6 Å². The normalized spacial score (nSPS) is 10.8. The fourth-order valence-electron chi connectivity index (χ4n) is 1.72. The maximum Gasteiger partial charge on any atom is 0.132 e. The van der Waals surface area contributed by atoms with E-state index in [9.17, 15) is 8.78 Å². The third-order valence-electron chi connectivity index (χ3n) is 2.58. The van der Waals surface area contributed by atoms with Crippen LogP contribution in [-0.2, 0) is 13.1 Å². The number of hydrogen-bond donors (Lipinski definition) is 1. The lowest BCUT2D eigenvalue weighted by molar-refractivity contribution is 0.599. The van der Waals surface area contributed by atoms with Crippen LogP contribution in [0.4, 0.5) is 8.78 Å². The maximum absolute atomic E-state index is 13.6. The molecular formula is C12H13F2N3. The molecule has 0 saturated carbocycles. The van der Waals surface area contributed by atoms with E-state index in [1.54, 1.807) is 10.7 Å². The Morgan fingerprint density at radius 3 is 2.65 bits per heavy atom. The molecule has 2 rings (SSSR count). The first kappa shape index (κ1) is 11.7. The summed E-state index contributed by atoms with van der Waals surface area (Å²) in [5.74, 6) is -0.975. The van der Waals surface area contributed by atoms with Crippen molar-refractivity contribution in [1.82, 2.24) is 9.78 Å². The predicted molar refractivity (Wildman–Crippen MR) is 61.1 cm³/mol.